The van der Waals surface area contributed by atoms with Gasteiger partial charge in [0.15, 0.2) is 11.0 Å². The fourth-order valence-corrected chi connectivity index (χ4v) is 4.34. The van der Waals surface area contributed by atoms with E-state index in [0.717, 1.165) is 40.1 Å². The van der Waals surface area contributed by atoms with Crippen LogP contribution < -0.4 is 0 Å². The number of oxazole rings is 1. The Morgan fingerprint density at radius 2 is 2.11 bits per heavy atom. The van der Waals surface area contributed by atoms with E-state index in [0.29, 0.717) is 11.6 Å². The van der Waals surface area contributed by atoms with Crippen LogP contribution >= 0.6 is 23.1 Å². The third kappa shape index (κ3) is 3.99. The summed E-state index contributed by atoms with van der Waals surface area (Å²) >= 11 is 3.27. The molecule has 0 amide bonds. The molecule has 0 N–H and O–H groups in total. The van der Waals surface area contributed by atoms with Crippen molar-refractivity contribution in [1.29, 1.82) is 0 Å². The van der Waals surface area contributed by atoms with Gasteiger partial charge >= 0.3 is 0 Å². The van der Waals surface area contributed by atoms with Crippen molar-refractivity contribution in [3.8, 4) is 22.2 Å². The van der Waals surface area contributed by atoms with Crippen LogP contribution in [0.15, 0.2) is 57.6 Å². The summed E-state index contributed by atoms with van der Waals surface area (Å²) in [7, 11) is 0. The molecular weight excluding hydrogens is 376 g/mol. The largest absolute Gasteiger partial charge is 0.444 e. The zero-order valence-corrected chi connectivity index (χ0v) is 16.9. The van der Waals surface area contributed by atoms with Crippen LogP contribution in [0.3, 0.4) is 0 Å². The first-order chi connectivity index (χ1) is 13.2. The Labute approximate surface area is 166 Å². The molecular formula is C20H20N4OS2. The predicted molar refractivity (Wildman–Crippen MR) is 110 cm³/mol. The number of hydrogen-bond acceptors (Lipinski definition) is 6. The molecule has 0 saturated heterocycles. The Hall–Kier alpha value is -2.38. The highest BCUT2D eigenvalue weighted by Crippen LogP contribution is 2.29. The molecule has 1 aromatic carbocycles. The minimum atomic E-state index is 0.677. The maximum Gasteiger partial charge on any atom is 0.236 e. The van der Waals surface area contributed by atoms with Crippen LogP contribution in [-0.2, 0) is 12.3 Å². The van der Waals surface area contributed by atoms with Crippen molar-refractivity contribution in [3.05, 3.63) is 59.3 Å². The maximum absolute atomic E-state index is 5.61. The molecule has 3 heterocycles. The fraction of sp³-hybridized carbons (Fsp3) is 0.250. The van der Waals surface area contributed by atoms with Gasteiger partial charge in [0, 0.05) is 17.9 Å². The number of thioether (sulfide) groups is 1. The third-order valence-corrected chi connectivity index (χ3v) is 5.93. The van der Waals surface area contributed by atoms with E-state index >= 15 is 0 Å². The summed E-state index contributed by atoms with van der Waals surface area (Å²) in [5.41, 5.74) is 3.23. The summed E-state index contributed by atoms with van der Waals surface area (Å²) in [6, 6.07) is 12.4. The lowest BCUT2D eigenvalue weighted by atomic mass is 10.1. The summed E-state index contributed by atoms with van der Waals surface area (Å²) in [5, 5.41) is 11.8. The van der Waals surface area contributed by atoms with Gasteiger partial charge in [0.2, 0.25) is 5.89 Å². The van der Waals surface area contributed by atoms with Crippen molar-refractivity contribution >= 4 is 23.1 Å². The average Bonchev–Trinajstić information content (AvgIpc) is 3.41. The van der Waals surface area contributed by atoms with Gasteiger partial charge in [0.05, 0.1) is 10.6 Å². The van der Waals surface area contributed by atoms with Crippen LogP contribution in [-0.4, -0.2) is 19.7 Å². The Kier molecular flexibility index (Phi) is 5.40. The summed E-state index contributed by atoms with van der Waals surface area (Å²) < 4.78 is 7.80. The van der Waals surface area contributed by atoms with Crippen LogP contribution in [0, 0.1) is 6.92 Å². The first-order valence-electron chi connectivity index (χ1n) is 8.86. The summed E-state index contributed by atoms with van der Waals surface area (Å²) in [6.07, 6.45) is 2.75. The zero-order chi connectivity index (χ0) is 18.6. The van der Waals surface area contributed by atoms with Crippen molar-refractivity contribution < 1.29 is 4.42 Å². The maximum atomic E-state index is 5.61. The number of benzene rings is 1. The van der Waals surface area contributed by atoms with Gasteiger partial charge < -0.3 is 8.98 Å². The van der Waals surface area contributed by atoms with Crippen molar-refractivity contribution in [2.75, 3.05) is 0 Å². The van der Waals surface area contributed by atoms with Crippen molar-refractivity contribution in [2.45, 2.75) is 37.7 Å². The van der Waals surface area contributed by atoms with E-state index in [4.69, 9.17) is 4.42 Å². The quantitative estimate of drug-likeness (QED) is 0.377. The molecule has 5 nitrogen and oxygen atoms in total. The smallest absolute Gasteiger partial charge is 0.236 e. The highest BCUT2D eigenvalue weighted by atomic mass is 32.2. The molecule has 0 spiro atoms. The lowest BCUT2D eigenvalue weighted by Gasteiger charge is -2.08. The number of hydrogen-bond donors (Lipinski definition) is 0. The van der Waals surface area contributed by atoms with Gasteiger partial charge in [-0.15, -0.1) is 21.5 Å². The second-order valence-electron chi connectivity index (χ2n) is 6.24. The van der Waals surface area contributed by atoms with Crippen LogP contribution in [0.5, 0.6) is 0 Å². The normalized spacial score (nSPS) is 11.2. The standard InChI is InChI=1S/C20H20N4OS2/c1-3-9-24-18(15-7-4-6-14(2)11-15)22-23-20(24)27-13-16-12-25-19(21-16)17-8-5-10-26-17/h4-8,10-12H,3,9,13H2,1-2H3. The molecule has 4 rings (SSSR count). The topological polar surface area (TPSA) is 56.7 Å². The molecule has 4 aromatic rings. The molecule has 0 atom stereocenters. The van der Waals surface area contributed by atoms with E-state index in [9.17, 15) is 0 Å². The molecule has 3 aromatic heterocycles. The molecule has 7 heteroatoms. The number of nitrogens with zero attached hydrogens (tertiary/aromatic N) is 4. The van der Waals surface area contributed by atoms with Gasteiger partial charge in [-0.2, -0.15) is 0 Å². The van der Waals surface area contributed by atoms with E-state index < -0.39 is 0 Å². The van der Waals surface area contributed by atoms with Crippen molar-refractivity contribution in [2.24, 2.45) is 0 Å². The van der Waals surface area contributed by atoms with Crippen LogP contribution in [0.4, 0.5) is 0 Å². The monoisotopic (exact) mass is 396 g/mol. The van der Waals surface area contributed by atoms with Crippen molar-refractivity contribution in [3.63, 3.8) is 0 Å². The molecule has 0 saturated carbocycles. The molecule has 0 aliphatic rings. The van der Waals surface area contributed by atoms with Crippen LogP contribution in [0.25, 0.3) is 22.2 Å². The first kappa shape index (κ1) is 18.0. The Balaban J connectivity index is 1.54. The number of aryl methyl sites for hydroxylation is 1. The first-order valence-corrected chi connectivity index (χ1v) is 10.7. The highest BCUT2D eigenvalue weighted by molar-refractivity contribution is 7.98. The molecule has 0 unspecified atom stereocenters. The summed E-state index contributed by atoms with van der Waals surface area (Å²) in [5.74, 6) is 2.29. The second kappa shape index (κ2) is 8.10. The Bertz CT molecular complexity index is 1020. The predicted octanol–water partition coefficient (Wildman–Crippen LogP) is 5.67. The van der Waals surface area contributed by atoms with E-state index in [1.165, 1.54) is 5.56 Å². The van der Waals surface area contributed by atoms with Gasteiger partial charge in [-0.25, -0.2) is 4.98 Å². The molecule has 0 aliphatic carbocycles. The lowest BCUT2D eigenvalue weighted by molar-refractivity contribution is 0.575. The third-order valence-electron chi connectivity index (χ3n) is 4.07. The van der Waals surface area contributed by atoms with Crippen molar-refractivity contribution in [1.82, 2.24) is 19.7 Å². The van der Waals surface area contributed by atoms with E-state index in [-0.39, 0.29) is 0 Å². The SMILES string of the molecule is CCCn1c(SCc2coc(-c3cccs3)n2)nnc1-c1cccc(C)c1. The minimum absolute atomic E-state index is 0.677. The minimum Gasteiger partial charge on any atom is -0.444 e. The molecule has 0 aliphatic heterocycles. The summed E-state index contributed by atoms with van der Waals surface area (Å²) in [4.78, 5) is 5.63. The lowest BCUT2D eigenvalue weighted by Crippen LogP contribution is -2.02. The molecule has 0 bridgehead atoms. The Morgan fingerprint density at radius 1 is 1.19 bits per heavy atom. The van der Waals surface area contributed by atoms with Gasteiger partial charge in [0.1, 0.15) is 6.26 Å². The van der Waals surface area contributed by atoms with Crippen LogP contribution in [0.2, 0.25) is 0 Å². The Morgan fingerprint density at radius 3 is 2.89 bits per heavy atom. The van der Waals surface area contributed by atoms with Gasteiger partial charge in [-0.05, 0) is 30.9 Å². The number of aromatic nitrogens is 4. The number of rotatable bonds is 7. The van der Waals surface area contributed by atoms with Gasteiger partial charge in [0.25, 0.3) is 0 Å². The number of thiophene rings is 1. The van der Waals surface area contributed by atoms with E-state index in [2.05, 4.69) is 57.9 Å². The molecule has 27 heavy (non-hydrogen) atoms. The fourth-order valence-electron chi connectivity index (χ4n) is 2.84. The summed E-state index contributed by atoms with van der Waals surface area (Å²) in [6.45, 7) is 5.15. The van der Waals surface area contributed by atoms with E-state index in [1.54, 1.807) is 29.4 Å². The molecule has 0 fully saturated rings. The zero-order valence-electron chi connectivity index (χ0n) is 15.3. The molecule has 0 radical (unpaired) electrons. The average molecular weight is 397 g/mol. The van der Waals surface area contributed by atoms with E-state index in [1.807, 2.05) is 17.5 Å². The van der Waals surface area contributed by atoms with Crippen LogP contribution in [0.1, 0.15) is 24.6 Å². The highest BCUT2D eigenvalue weighted by Gasteiger charge is 2.15. The molecule has 138 valence electrons. The van der Waals surface area contributed by atoms with Gasteiger partial charge in [-0.3, -0.25) is 0 Å². The van der Waals surface area contributed by atoms with Gasteiger partial charge in [-0.1, -0.05) is 48.5 Å². The second-order valence-corrected chi connectivity index (χ2v) is 8.13.